The molecule has 0 spiro atoms. The van der Waals surface area contributed by atoms with Crippen LogP contribution in [0.15, 0.2) is 0 Å². The van der Waals surface area contributed by atoms with Crippen molar-refractivity contribution in [1.29, 1.82) is 5.26 Å². The smallest absolute Gasteiger partial charge is 0.0701 e. The molecule has 0 fully saturated rings. The Kier molecular flexibility index (Phi) is 31.7. The highest BCUT2D eigenvalue weighted by molar-refractivity contribution is 4.66. The first kappa shape index (κ1) is 33.3. The first-order chi connectivity index (χ1) is 16.9. The quantitative estimate of drug-likeness (QED) is 0.0968. The van der Waals surface area contributed by atoms with Gasteiger partial charge in [0.15, 0.2) is 0 Å². The van der Waals surface area contributed by atoms with E-state index >= 15 is 0 Å². The monoisotopic (exact) mass is 483 g/mol. The first-order valence-corrected chi connectivity index (χ1v) is 14.6. The maximum atomic E-state index is 8.38. The number of hydrogen-bond donors (Lipinski definition) is 0. The normalized spacial score (nSPS) is 11.2. The van der Waals surface area contributed by atoms with Gasteiger partial charge < -0.3 is 18.9 Å². The van der Waals surface area contributed by atoms with Crippen LogP contribution in [0.4, 0.5) is 0 Å². The van der Waals surface area contributed by atoms with E-state index in [2.05, 4.69) is 6.92 Å². The van der Waals surface area contributed by atoms with E-state index in [-0.39, 0.29) is 0 Å². The lowest BCUT2D eigenvalue weighted by atomic mass is 10.0. The van der Waals surface area contributed by atoms with Gasteiger partial charge in [0.05, 0.1) is 58.7 Å². The van der Waals surface area contributed by atoms with Gasteiger partial charge in [-0.15, -0.1) is 0 Å². The van der Waals surface area contributed by atoms with Gasteiger partial charge in [-0.3, -0.25) is 0 Å². The van der Waals surface area contributed by atoms with Crippen LogP contribution in [0, 0.1) is 11.3 Å². The Balaban J connectivity index is 3.00. The van der Waals surface area contributed by atoms with Crippen LogP contribution in [-0.4, -0.2) is 52.9 Å². The van der Waals surface area contributed by atoms with Gasteiger partial charge in [0, 0.05) is 6.61 Å². The highest BCUT2D eigenvalue weighted by Gasteiger charge is 1.96. The summed E-state index contributed by atoms with van der Waals surface area (Å²) in [5, 5.41) is 8.38. The lowest BCUT2D eigenvalue weighted by molar-refractivity contribution is -0.00160. The summed E-state index contributed by atoms with van der Waals surface area (Å²) in [6, 6.07) is 2.04. The molecule has 0 rings (SSSR count). The second kappa shape index (κ2) is 32.3. The van der Waals surface area contributed by atoms with Crippen LogP contribution in [0.2, 0.25) is 0 Å². The average molecular weight is 484 g/mol. The molecule has 5 heteroatoms. The van der Waals surface area contributed by atoms with Crippen molar-refractivity contribution in [3.63, 3.8) is 0 Å². The van der Waals surface area contributed by atoms with Gasteiger partial charge in [-0.05, 0) is 6.42 Å². The molecule has 0 unspecified atom stereocenters. The lowest BCUT2D eigenvalue weighted by Gasteiger charge is -2.07. The van der Waals surface area contributed by atoms with Crippen molar-refractivity contribution in [1.82, 2.24) is 0 Å². The number of unbranched alkanes of at least 4 members (excludes halogenated alkanes) is 17. The maximum Gasteiger partial charge on any atom is 0.0701 e. The summed E-state index contributed by atoms with van der Waals surface area (Å²) in [5.74, 6) is 0. The molecule has 0 aliphatic carbocycles. The zero-order valence-corrected chi connectivity index (χ0v) is 22.7. The summed E-state index contributed by atoms with van der Waals surface area (Å²) >= 11 is 0. The molecule has 0 heterocycles. The van der Waals surface area contributed by atoms with Crippen LogP contribution in [0.3, 0.4) is 0 Å². The summed E-state index contributed by atoms with van der Waals surface area (Å²) in [7, 11) is 0. The molecule has 0 aromatic carbocycles. The Morgan fingerprint density at radius 2 is 0.676 bits per heavy atom. The van der Waals surface area contributed by atoms with Crippen LogP contribution in [-0.2, 0) is 18.9 Å². The van der Waals surface area contributed by atoms with Crippen LogP contribution >= 0.6 is 0 Å². The van der Waals surface area contributed by atoms with Crippen LogP contribution in [0.5, 0.6) is 0 Å². The van der Waals surface area contributed by atoms with Crippen LogP contribution < -0.4 is 0 Å². The topological polar surface area (TPSA) is 60.7 Å². The van der Waals surface area contributed by atoms with Crippen molar-refractivity contribution in [2.24, 2.45) is 0 Å². The average Bonchev–Trinajstić information content (AvgIpc) is 2.85. The SMILES string of the molecule is CCCCCCCCCCCCCCCCCCCCOCCOCCOCCOCCC#N. The van der Waals surface area contributed by atoms with Crippen LogP contribution in [0.1, 0.15) is 129 Å². The summed E-state index contributed by atoms with van der Waals surface area (Å²) in [4.78, 5) is 0. The number of hydrogen-bond acceptors (Lipinski definition) is 5. The fourth-order valence-electron chi connectivity index (χ4n) is 3.99. The zero-order chi connectivity index (χ0) is 24.6. The predicted molar refractivity (Wildman–Crippen MR) is 142 cm³/mol. The fourth-order valence-corrected chi connectivity index (χ4v) is 3.99. The Bertz CT molecular complexity index is 400. The van der Waals surface area contributed by atoms with E-state index in [0.29, 0.717) is 52.7 Å². The fraction of sp³-hybridized carbons (Fsp3) is 0.966. The van der Waals surface area contributed by atoms with E-state index < -0.39 is 0 Å². The van der Waals surface area contributed by atoms with Gasteiger partial charge in [0.25, 0.3) is 0 Å². The highest BCUT2D eigenvalue weighted by atomic mass is 16.6. The van der Waals surface area contributed by atoms with Crippen molar-refractivity contribution >= 4 is 0 Å². The standard InChI is InChI=1S/C29H57NO4/c1-2-3-4-5-6-7-8-9-10-11-12-13-14-15-16-17-18-19-22-31-24-26-33-28-29-34-27-25-32-23-20-21-30/h2-20,22-29H2,1H3. The molecular weight excluding hydrogens is 426 g/mol. The molecule has 0 bridgehead atoms. The largest absolute Gasteiger partial charge is 0.379 e. The second-order valence-electron chi connectivity index (χ2n) is 9.37. The van der Waals surface area contributed by atoms with E-state index in [4.69, 9.17) is 24.2 Å². The number of nitriles is 1. The predicted octanol–water partition coefficient (Wildman–Crippen LogP) is 8.01. The van der Waals surface area contributed by atoms with E-state index in [0.717, 1.165) is 13.0 Å². The minimum atomic E-state index is 0.433. The minimum absolute atomic E-state index is 0.433. The van der Waals surface area contributed by atoms with Gasteiger partial charge in [-0.25, -0.2) is 0 Å². The molecule has 0 atom stereocenters. The molecule has 0 aliphatic heterocycles. The van der Waals surface area contributed by atoms with E-state index in [1.807, 2.05) is 6.07 Å². The van der Waals surface area contributed by atoms with Crippen molar-refractivity contribution in [2.75, 3.05) is 52.9 Å². The Morgan fingerprint density at radius 3 is 1.03 bits per heavy atom. The first-order valence-electron chi connectivity index (χ1n) is 14.6. The molecule has 202 valence electrons. The number of ether oxygens (including phenoxy) is 4. The number of rotatable bonds is 30. The molecule has 0 aliphatic rings. The summed E-state index contributed by atoms with van der Waals surface area (Å²) in [6.07, 6.45) is 25.7. The van der Waals surface area contributed by atoms with E-state index in [9.17, 15) is 0 Å². The van der Waals surface area contributed by atoms with Gasteiger partial charge >= 0.3 is 0 Å². The summed E-state index contributed by atoms with van der Waals surface area (Å²) in [5.41, 5.74) is 0. The summed E-state index contributed by atoms with van der Waals surface area (Å²) in [6.45, 7) is 7.14. The van der Waals surface area contributed by atoms with Crippen molar-refractivity contribution < 1.29 is 18.9 Å². The minimum Gasteiger partial charge on any atom is -0.379 e. The van der Waals surface area contributed by atoms with Crippen molar-refractivity contribution in [3.05, 3.63) is 0 Å². The van der Waals surface area contributed by atoms with Crippen molar-refractivity contribution in [2.45, 2.75) is 129 Å². The molecule has 0 saturated carbocycles. The van der Waals surface area contributed by atoms with Gasteiger partial charge in [-0.1, -0.05) is 116 Å². The third kappa shape index (κ3) is 31.3. The molecule has 5 nitrogen and oxygen atoms in total. The maximum absolute atomic E-state index is 8.38. The molecule has 0 saturated heterocycles. The highest BCUT2D eigenvalue weighted by Crippen LogP contribution is 2.14. The van der Waals surface area contributed by atoms with Crippen LogP contribution in [0.25, 0.3) is 0 Å². The van der Waals surface area contributed by atoms with Gasteiger partial charge in [0.1, 0.15) is 0 Å². The number of nitrogens with zero attached hydrogens (tertiary/aromatic N) is 1. The van der Waals surface area contributed by atoms with Crippen molar-refractivity contribution in [3.8, 4) is 6.07 Å². The Morgan fingerprint density at radius 1 is 0.382 bits per heavy atom. The second-order valence-corrected chi connectivity index (χ2v) is 9.37. The molecule has 0 N–H and O–H groups in total. The Hall–Kier alpha value is -0.670. The molecular formula is C29H57NO4. The van der Waals surface area contributed by atoms with Gasteiger partial charge in [-0.2, -0.15) is 5.26 Å². The molecule has 0 aromatic rings. The van der Waals surface area contributed by atoms with Gasteiger partial charge in [0.2, 0.25) is 0 Å². The van der Waals surface area contributed by atoms with E-state index in [1.165, 1.54) is 109 Å². The lowest BCUT2D eigenvalue weighted by Crippen LogP contribution is -2.12. The third-order valence-electron chi connectivity index (χ3n) is 6.12. The molecule has 0 amide bonds. The Labute approximate surface area is 212 Å². The molecule has 0 radical (unpaired) electrons. The van der Waals surface area contributed by atoms with E-state index in [1.54, 1.807) is 0 Å². The zero-order valence-electron chi connectivity index (χ0n) is 22.7. The molecule has 0 aromatic heterocycles. The third-order valence-corrected chi connectivity index (χ3v) is 6.12. The molecule has 34 heavy (non-hydrogen) atoms. The summed E-state index contributed by atoms with van der Waals surface area (Å²) < 4.78 is 21.7.